The molecule has 1 saturated heterocycles. The molecule has 3 rings (SSSR count). The van der Waals surface area contributed by atoms with Crippen molar-refractivity contribution in [2.75, 3.05) is 19.6 Å². The van der Waals surface area contributed by atoms with Gasteiger partial charge in [-0.25, -0.2) is 0 Å². The molecule has 1 aromatic carbocycles. The third-order valence-corrected chi connectivity index (χ3v) is 6.23. The lowest BCUT2D eigenvalue weighted by molar-refractivity contribution is -0.127. The summed E-state index contributed by atoms with van der Waals surface area (Å²) in [7, 11) is 0. The zero-order valence-electron chi connectivity index (χ0n) is 15.5. The summed E-state index contributed by atoms with van der Waals surface area (Å²) in [6.45, 7) is 4.79. The summed E-state index contributed by atoms with van der Waals surface area (Å²) in [4.78, 5) is 15.0. The molecule has 1 saturated carbocycles. The highest BCUT2D eigenvalue weighted by molar-refractivity contribution is 5.81. The zero-order valence-corrected chi connectivity index (χ0v) is 15.5. The molecule has 0 radical (unpaired) electrons. The highest BCUT2D eigenvalue weighted by Gasteiger charge is 2.31. The van der Waals surface area contributed by atoms with Gasteiger partial charge in [0.05, 0.1) is 6.04 Å². The number of carbonyl (C=O) groups excluding carboxylic acids is 1. The lowest BCUT2D eigenvalue weighted by Gasteiger charge is -2.36. The van der Waals surface area contributed by atoms with Crippen LogP contribution in [0.2, 0.25) is 0 Å². The average molecular weight is 344 g/mol. The van der Waals surface area contributed by atoms with E-state index in [1.807, 2.05) is 0 Å². The monoisotopic (exact) mass is 343 g/mol. The van der Waals surface area contributed by atoms with Crippen molar-refractivity contribution in [2.45, 2.75) is 57.5 Å². The third-order valence-electron chi connectivity index (χ3n) is 6.23. The van der Waals surface area contributed by atoms with Gasteiger partial charge in [0.15, 0.2) is 0 Å². The number of hydrogen-bond donors (Lipinski definition) is 2. The van der Waals surface area contributed by atoms with Gasteiger partial charge in [-0.05, 0) is 76.1 Å². The molecule has 4 heteroatoms. The lowest BCUT2D eigenvalue weighted by atomic mass is 9.89. The number of likely N-dealkylation sites (tertiary alicyclic amines) is 1. The number of benzene rings is 1. The molecule has 0 spiro atoms. The zero-order chi connectivity index (χ0) is 17.6. The van der Waals surface area contributed by atoms with Crippen LogP contribution in [0.15, 0.2) is 30.3 Å². The van der Waals surface area contributed by atoms with Gasteiger partial charge in [0.2, 0.25) is 5.91 Å². The van der Waals surface area contributed by atoms with E-state index in [0.717, 1.165) is 38.3 Å². The normalized spacial score (nSPS) is 26.5. The number of nitrogens with zero attached hydrogens (tertiary/aromatic N) is 1. The molecular weight excluding hydrogens is 310 g/mol. The van der Waals surface area contributed by atoms with E-state index in [1.165, 1.54) is 24.8 Å². The van der Waals surface area contributed by atoms with Crippen LogP contribution in [0.4, 0.5) is 0 Å². The number of nitrogens with one attached hydrogen (secondary N) is 1. The van der Waals surface area contributed by atoms with Gasteiger partial charge in [-0.1, -0.05) is 36.8 Å². The Kier molecular flexibility index (Phi) is 6.49. The standard InChI is InChI=1S/C21H33N3O/c1-16(21(25)23-20-9-5-8-19(20)15-22)24-12-10-18(11-13-24)14-17-6-3-2-4-7-17/h2-4,6-7,16,18-20H,5,8-15,22H2,1H3,(H,23,25). The van der Waals surface area contributed by atoms with Crippen LogP contribution in [-0.2, 0) is 11.2 Å². The number of piperidine rings is 1. The summed E-state index contributed by atoms with van der Waals surface area (Å²) < 4.78 is 0. The van der Waals surface area contributed by atoms with Gasteiger partial charge in [-0.3, -0.25) is 9.69 Å². The first-order valence-electron chi connectivity index (χ1n) is 9.95. The second-order valence-electron chi connectivity index (χ2n) is 7.89. The van der Waals surface area contributed by atoms with Crippen molar-refractivity contribution in [3.8, 4) is 0 Å². The van der Waals surface area contributed by atoms with Gasteiger partial charge in [-0.15, -0.1) is 0 Å². The number of carbonyl (C=O) groups is 1. The average Bonchev–Trinajstić information content (AvgIpc) is 3.09. The van der Waals surface area contributed by atoms with Crippen molar-refractivity contribution >= 4 is 5.91 Å². The van der Waals surface area contributed by atoms with Crippen LogP contribution < -0.4 is 11.1 Å². The molecular formula is C21H33N3O. The van der Waals surface area contributed by atoms with Crippen LogP contribution >= 0.6 is 0 Å². The minimum Gasteiger partial charge on any atom is -0.352 e. The molecule has 3 N–H and O–H groups in total. The number of nitrogens with two attached hydrogens (primary N) is 1. The molecule has 2 fully saturated rings. The second-order valence-corrected chi connectivity index (χ2v) is 7.89. The summed E-state index contributed by atoms with van der Waals surface area (Å²) in [5, 5.41) is 3.27. The van der Waals surface area contributed by atoms with Crippen molar-refractivity contribution in [3.63, 3.8) is 0 Å². The maximum Gasteiger partial charge on any atom is 0.237 e. The van der Waals surface area contributed by atoms with Gasteiger partial charge in [0.1, 0.15) is 0 Å². The molecule has 4 nitrogen and oxygen atoms in total. The predicted molar refractivity (Wildman–Crippen MR) is 102 cm³/mol. The molecule has 1 heterocycles. The molecule has 25 heavy (non-hydrogen) atoms. The van der Waals surface area contributed by atoms with E-state index in [9.17, 15) is 4.79 Å². The minimum atomic E-state index is -0.0308. The van der Waals surface area contributed by atoms with Crippen molar-refractivity contribution < 1.29 is 4.79 Å². The van der Waals surface area contributed by atoms with Crippen molar-refractivity contribution in [3.05, 3.63) is 35.9 Å². The SMILES string of the molecule is CC(C(=O)NC1CCCC1CN)N1CCC(Cc2ccccc2)CC1. The Morgan fingerprint density at radius 2 is 1.92 bits per heavy atom. The Labute approximate surface area is 152 Å². The smallest absolute Gasteiger partial charge is 0.237 e. The molecule has 138 valence electrons. The van der Waals surface area contributed by atoms with Crippen LogP contribution in [0, 0.1) is 11.8 Å². The van der Waals surface area contributed by atoms with Crippen molar-refractivity contribution in [2.24, 2.45) is 17.6 Å². The van der Waals surface area contributed by atoms with E-state index in [0.29, 0.717) is 12.5 Å². The second kappa shape index (κ2) is 8.81. The number of amides is 1. The van der Waals surface area contributed by atoms with Gasteiger partial charge in [0, 0.05) is 6.04 Å². The fourth-order valence-corrected chi connectivity index (χ4v) is 4.47. The first-order valence-corrected chi connectivity index (χ1v) is 9.95. The summed E-state index contributed by atoms with van der Waals surface area (Å²) in [5.74, 6) is 1.39. The number of hydrogen-bond acceptors (Lipinski definition) is 3. The maximum absolute atomic E-state index is 12.6. The predicted octanol–water partition coefficient (Wildman–Crippen LogP) is 2.57. The summed E-state index contributed by atoms with van der Waals surface area (Å²) >= 11 is 0. The Balaban J connectivity index is 1.44. The first-order chi connectivity index (χ1) is 12.2. The van der Waals surface area contributed by atoms with Crippen LogP contribution in [0.5, 0.6) is 0 Å². The minimum absolute atomic E-state index is 0.0308. The van der Waals surface area contributed by atoms with Gasteiger partial charge in [0.25, 0.3) is 0 Å². The van der Waals surface area contributed by atoms with E-state index < -0.39 is 0 Å². The molecule has 1 amide bonds. The molecule has 3 atom stereocenters. The van der Waals surface area contributed by atoms with Crippen molar-refractivity contribution in [1.29, 1.82) is 0 Å². The molecule has 0 bridgehead atoms. The lowest BCUT2D eigenvalue weighted by Crippen LogP contribution is -2.51. The Morgan fingerprint density at radius 3 is 2.60 bits per heavy atom. The summed E-state index contributed by atoms with van der Waals surface area (Å²) in [5.41, 5.74) is 7.27. The van der Waals surface area contributed by atoms with Gasteiger partial charge < -0.3 is 11.1 Å². The van der Waals surface area contributed by atoms with E-state index >= 15 is 0 Å². The van der Waals surface area contributed by atoms with Crippen LogP contribution in [-0.4, -0.2) is 42.5 Å². The summed E-state index contributed by atoms with van der Waals surface area (Å²) in [6, 6.07) is 11.0. The molecule has 1 aliphatic heterocycles. The molecule has 2 aliphatic rings. The van der Waals surface area contributed by atoms with Crippen LogP contribution in [0.25, 0.3) is 0 Å². The molecule has 1 aromatic rings. The van der Waals surface area contributed by atoms with Gasteiger partial charge >= 0.3 is 0 Å². The first kappa shape index (κ1) is 18.4. The summed E-state index contributed by atoms with van der Waals surface area (Å²) in [6.07, 6.45) is 6.95. The Bertz CT molecular complexity index is 539. The van der Waals surface area contributed by atoms with Crippen LogP contribution in [0.1, 0.15) is 44.6 Å². The quantitative estimate of drug-likeness (QED) is 0.835. The maximum atomic E-state index is 12.6. The third kappa shape index (κ3) is 4.83. The fourth-order valence-electron chi connectivity index (χ4n) is 4.47. The van der Waals surface area contributed by atoms with E-state index in [1.54, 1.807) is 0 Å². The molecule has 0 aromatic heterocycles. The fraction of sp³-hybridized carbons (Fsp3) is 0.667. The largest absolute Gasteiger partial charge is 0.352 e. The van der Waals surface area contributed by atoms with E-state index in [-0.39, 0.29) is 18.0 Å². The highest BCUT2D eigenvalue weighted by Crippen LogP contribution is 2.26. The molecule has 1 aliphatic carbocycles. The number of rotatable bonds is 6. The molecule has 3 unspecified atom stereocenters. The Morgan fingerprint density at radius 1 is 1.20 bits per heavy atom. The van der Waals surface area contributed by atoms with Crippen LogP contribution in [0.3, 0.4) is 0 Å². The topological polar surface area (TPSA) is 58.4 Å². The van der Waals surface area contributed by atoms with E-state index in [2.05, 4.69) is 47.5 Å². The highest BCUT2D eigenvalue weighted by atomic mass is 16.2. The van der Waals surface area contributed by atoms with E-state index in [4.69, 9.17) is 5.73 Å². The van der Waals surface area contributed by atoms with Gasteiger partial charge in [-0.2, -0.15) is 0 Å². The van der Waals surface area contributed by atoms with Crippen molar-refractivity contribution in [1.82, 2.24) is 10.2 Å². The Hall–Kier alpha value is -1.39.